The average molecular weight is 318 g/mol. The minimum Gasteiger partial charge on any atom is -0.506 e. The van der Waals surface area contributed by atoms with E-state index in [9.17, 15) is 5.11 Å². The molecule has 2 aromatic rings. The van der Waals surface area contributed by atoms with Crippen LogP contribution < -0.4 is 5.32 Å². The summed E-state index contributed by atoms with van der Waals surface area (Å²) >= 11 is 3.56. The van der Waals surface area contributed by atoms with Crippen molar-refractivity contribution in [3.05, 3.63) is 71.2 Å². The molecule has 2 aromatic carbocycles. The minimum absolute atomic E-state index is 0.0707. The molecule has 0 heterocycles. The second-order valence-corrected chi connectivity index (χ2v) is 5.11. The third-order valence-electron chi connectivity index (χ3n) is 2.92. The van der Waals surface area contributed by atoms with Gasteiger partial charge in [0.25, 0.3) is 0 Å². The standard InChI is InChI=1S/C16H16BrNO/c1-2-7-14(12-8-3-4-9-13(12)17)18-15-10-5-6-11-16(15)19/h2-6,8-11,14,18-19H,1,7H2. The fourth-order valence-electron chi connectivity index (χ4n) is 1.97. The predicted molar refractivity (Wildman–Crippen MR) is 83.4 cm³/mol. The molecule has 1 unspecified atom stereocenters. The summed E-state index contributed by atoms with van der Waals surface area (Å²) in [7, 11) is 0. The van der Waals surface area contributed by atoms with Gasteiger partial charge in [-0.15, -0.1) is 6.58 Å². The maximum atomic E-state index is 9.84. The van der Waals surface area contributed by atoms with Gasteiger partial charge >= 0.3 is 0 Å². The topological polar surface area (TPSA) is 32.3 Å². The van der Waals surface area contributed by atoms with Crippen LogP contribution in [0.1, 0.15) is 18.0 Å². The van der Waals surface area contributed by atoms with Crippen molar-refractivity contribution in [3.63, 3.8) is 0 Å². The van der Waals surface area contributed by atoms with Crippen LogP contribution in [-0.4, -0.2) is 5.11 Å². The Hall–Kier alpha value is -1.74. The van der Waals surface area contributed by atoms with E-state index in [2.05, 4.69) is 33.9 Å². The second-order valence-electron chi connectivity index (χ2n) is 4.26. The van der Waals surface area contributed by atoms with E-state index in [0.717, 1.165) is 22.1 Å². The largest absolute Gasteiger partial charge is 0.506 e. The molecular weight excluding hydrogens is 302 g/mol. The highest BCUT2D eigenvalue weighted by Crippen LogP contribution is 2.32. The first-order valence-corrected chi connectivity index (χ1v) is 6.91. The molecule has 0 bridgehead atoms. The van der Waals surface area contributed by atoms with Crippen LogP contribution in [0, 0.1) is 0 Å². The number of hydrogen-bond acceptors (Lipinski definition) is 2. The summed E-state index contributed by atoms with van der Waals surface area (Å²) in [6.45, 7) is 3.80. The number of benzene rings is 2. The number of anilines is 1. The molecule has 0 fully saturated rings. The molecule has 2 rings (SSSR count). The number of aromatic hydroxyl groups is 1. The summed E-state index contributed by atoms with van der Waals surface area (Å²) in [5.74, 6) is 0.253. The summed E-state index contributed by atoms with van der Waals surface area (Å²) < 4.78 is 1.05. The Kier molecular flexibility index (Phi) is 4.63. The first-order chi connectivity index (χ1) is 9.22. The number of phenols is 1. The number of nitrogens with one attached hydrogen (secondary N) is 1. The zero-order valence-electron chi connectivity index (χ0n) is 10.5. The predicted octanol–water partition coefficient (Wildman–Crippen LogP) is 4.88. The van der Waals surface area contributed by atoms with Gasteiger partial charge in [0.15, 0.2) is 0 Å². The SMILES string of the molecule is C=CCC(Nc1ccccc1O)c1ccccc1Br. The van der Waals surface area contributed by atoms with Crippen molar-refractivity contribution >= 4 is 21.6 Å². The van der Waals surface area contributed by atoms with Crippen LogP contribution in [0.25, 0.3) is 0 Å². The van der Waals surface area contributed by atoms with Gasteiger partial charge in [-0.2, -0.15) is 0 Å². The monoisotopic (exact) mass is 317 g/mol. The Balaban J connectivity index is 2.29. The second kappa shape index (κ2) is 6.43. The van der Waals surface area contributed by atoms with E-state index < -0.39 is 0 Å². The van der Waals surface area contributed by atoms with Gasteiger partial charge in [0.1, 0.15) is 5.75 Å². The third-order valence-corrected chi connectivity index (χ3v) is 3.64. The summed E-state index contributed by atoms with van der Waals surface area (Å²) in [6, 6.07) is 15.4. The Bertz CT molecular complexity index is 568. The van der Waals surface area contributed by atoms with Gasteiger partial charge in [-0.3, -0.25) is 0 Å². The van der Waals surface area contributed by atoms with Crippen LogP contribution in [0.15, 0.2) is 65.7 Å². The van der Waals surface area contributed by atoms with Crippen LogP contribution in [0.4, 0.5) is 5.69 Å². The summed E-state index contributed by atoms with van der Waals surface area (Å²) in [5, 5.41) is 13.2. The molecule has 0 amide bonds. The molecule has 0 saturated carbocycles. The molecule has 98 valence electrons. The Morgan fingerprint density at radius 1 is 1.16 bits per heavy atom. The zero-order valence-corrected chi connectivity index (χ0v) is 12.1. The smallest absolute Gasteiger partial charge is 0.138 e. The zero-order chi connectivity index (χ0) is 13.7. The van der Waals surface area contributed by atoms with Gasteiger partial charge < -0.3 is 10.4 Å². The molecule has 19 heavy (non-hydrogen) atoms. The van der Waals surface area contributed by atoms with Gasteiger partial charge in [0, 0.05) is 4.47 Å². The molecule has 0 radical (unpaired) electrons. The number of para-hydroxylation sites is 2. The van der Waals surface area contributed by atoms with E-state index >= 15 is 0 Å². The summed E-state index contributed by atoms with van der Waals surface area (Å²) in [6.07, 6.45) is 2.65. The van der Waals surface area contributed by atoms with Crippen molar-refractivity contribution in [2.75, 3.05) is 5.32 Å². The average Bonchev–Trinajstić information content (AvgIpc) is 2.41. The van der Waals surface area contributed by atoms with Crippen LogP contribution in [0.5, 0.6) is 5.75 Å². The lowest BCUT2D eigenvalue weighted by atomic mass is 10.0. The lowest BCUT2D eigenvalue weighted by Crippen LogP contribution is -2.10. The van der Waals surface area contributed by atoms with Crippen molar-refractivity contribution in [1.29, 1.82) is 0 Å². The molecule has 0 saturated heterocycles. The van der Waals surface area contributed by atoms with Crippen LogP contribution >= 0.6 is 15.9 Å². The van der Waals surface area contributed by atoms with Crippen LogP contribution in [-0.2, 0) is 0 Å². The fraction of sp³-hybridized carbons (Fsp3) is 0.125. The molecule has 0 aliphatic heterocycles. The van der Waals surface area contributed by atoms with E-state index in [1.807, 2.05) is 36.4 Å². The molecule has 1 atom stereocenters. The van der Waals surface area contributed by atoms with Crippen molar-refractivity contribution in [2.24, 2.45) is 0 Å². The molecule has 0 aliphatic rings. The number of hydrogen-bond donors (Lipinski definition) is 2. The summed E-state index contributed by atoms with van der Waals surface area (Å²) in [5.41, 5.74) is 1.87. The highest BCUT2D eigenvalue weighted by molar-refractivity contribution is 9.10. The molecular formula is C16H16BrNO. The number of rotatable bonds is 5. The van der Waals surface area contributed by atoms with Crippen LogP contribution in [0.3, 0.4) is 0 Å². The first kappa shape index (κ1) is 13.7. The Morgan fingerprint density at radius 3 is 2.53 bits per heavy atom. The van der Waals surface area contributed by atoms with Gasteiger partial charge in [0.2, 0.25) is 0 Å². The lowest BCUT2D eigenvalue weighted by molar-refractivity contribution is 0.476. The van der Waals surface area contributed by atoms with E-state index in [0.29, 0.717) is 0 Å². The molecule has 2 nitrogen and oxygen atoms in total. The fourth-order valence-corrected chi connectivity index (χ4v) is 2.53. The van der Waals surface area contributed by atoms with Gasteiger partial charge in [-0.1, -0.05) is 52.3 Å². The van der Waals surface area contributed by atoms with Crippen molar-refractivity contribution < 1.29 is 5.11 Å². The molecule has 0 aromatic heterocycles. The van der Waals surface area contributed by atoms with Crippen molar-refractivity contribution in [2.45, 2.75) is 12.5 Å². The van der Waals surface area contributed by atoms with E-state index in [1.54, 1.807) is 12.1 Å². The summed E-state index contributed by atoms with van der Waals surface area (Å²) in [4.78, 5) is 0. The minimum atomic E-state index is 0.0707. The maximum Gasteiger partial charge on any atom is 0.138 e. The van der Waals surface area contributed by atoms with Crippen LogP contribution in [0.2, 0.25) is 0 Å². The van der Waals surface area contributed by atoms with E-state index in [-0.39, 0.29) is 11.8 Å². The quantitative estimate of drug-likeness (QED) is 0.608. The van der Waals surface area contributed by atoms with Gasteiger partial charge in [-0.05, 0) is 30.2 Å². The Labute approximate surface area is 121 Å². The first-order valence-electron chi connectivity index (χ1n) is 6.12. The van der Waals surface area contributed by atoms with Gasteiger partial charge in [-0.25, -0.2) is 0 Å². The third kappa shape index (κ3) is 3.38. The maximum absolute atomic E-state index is 9.84. The Morgan fingerprint density at radius 2 is 1.84 bits per heavy atom. The number of halogens is 1. The molecule has 3 heteroatoms. The van der Waals surface area contributed by atoms with Crippen molar-refractivity contribution in [1.82, 2.24) is 0 Å². The lowest BCUT2D eigenvalue weighted by Gasteiger charge is -2.21. The number of phenolic OH excluding ortho intramolecular Hbond substituents is 1. The van der Waals surface area contributed by atoms with Gasteiger partial charge in [0.05, 0.1) is 11.7 Å². The molecule has 0 spiro atoms. The normalized spacial score (nSPS) is 11.8. The molecule has 0 aliphatic carbocycles. The van der Waals surface area contributed by atoms with E-state index in [4.69, 9.17) is 0 Å². The van der Waals surface area contributed by atoms with E-state index in [1.165, 1.54) is 0 Å². The highest BCUT2D eigenvalue weighted by atomic mass is 79.9. The van der Waals surface area contributed by atoms with Crippen molar-refractivity contribution in [3.8, 4) is 5.75 Å². The molecule has 2 N–H and O–H groups in total. The highest BCUT2D eigenvalue weighted by Gasteiger charge is 2.13.